The van der Waals surface area contributed by atoms with Crippen molar-refractivity contribution in [3.8, 4) is 22.3 Å². The van der Waals surface area contributed by atoms with Gasteiger partial charge < -0.3 is 0 Å². The van der Waals surface area contributed by atoms with Crippen LogP contribution in [0.2, 0.25) is 0 Å². The standard InChI is InChI=1S/C35H30/c1-4-26-27(5-2)32(24-15-9-6-7-10-16-24)35-30-22-21-23(3)28-19-13-14-20-29(33(28)30)34(35)31(26)25-17-11-8-12-18-25/h4-6,8-12,15-19,21-22H,1-2,7,13-14,20H2,3H3. The highest BCUT2D eigenvalue weighted by Gasteiger charge is 2.31. The second kappa shape index (κ2) is 8.71. The molecule has 3 aromatic carbocycles. The summed E-state index contributed by atoms with van der Waals surface area (Å²) in [7, 11) is 0. The van der Waals surface area contributed by atoms with Crippen LogP contribution < -0.4 is 10.4 Å². The lowest BCUT2D eigenvalue weighted by Crippen LogP contribution is -2.28. The molecule has 0 nitrogen and oxygen atoms in total. The zero-order valence-corrected chi connectivity index (χ0v) is 20.4. The number of rotatable bonds is 4. The predicted molar refractivity (Wildman–Crippen MR) is 153 cm³/mol. The molecule has 0 saturated heterocycles. The number of benzene rings is 3. The van der Waals surface area contributed by atoms with Crippen molar-refractivity contribution in [2.24, 2.45) is 0 Å². The van der Waals surface area contributed by atoms with E-state index in [9.17, 15) is 0 Å². The molecule has 6 rings (SSSR count). The molecule has 3 aliphatic rings. The molecule has 0 amide bonds. The second-order valence-corrected chi connectivity index (χ2v) is 9.58. The number of allylic oxidation sites excluding steroid dienone is 6. The maximum absolute atomic E-state index is 4.31. The average Bonchev–Trinajstić information content (AvgIpc) is 3.11. The number of fused-ring (bicyclic) bond motifs is 3. The van der Waals surface area contributed by atoms with E-state index in [1.54, 1.807) is 0 Å². The molecular weight excluding hydrogens is 420 g/mol. The maximum atomic E-state index is 4.31. The fourth-order valence-corrected chi connectivity index (χ4v) is 6.15. The van der Waals surface area contributed by atoms with Gasteiger partial charge in [-0.15, -0.1) is 0 Å². The van der Waals surface area contributed by atoms with E-state index in [4.69, 9.17) is 0 Å². The van der Waals surface area contributed by atoms with Gasteiger partial charge in [-0.3, -0.25) is 0 Å². The van der Waals surface area contributed by atoms with Crippen LogP contribution in [0, 0.1) is 6.92 Å². The Hall–Kier alpha value is -3.90. The largest absolute Gasteiger partial charge is 0.0984 e. The molecule has 170 valence electrons. The van der Waals surface area contributed by atoms with Crippen LogP contribution in [0.4, 0.5) is 0 Å². The Morgan fingerprint density at radius 2 is 1.63 bits per heavy atom. The van der Waals surface area contributed by atoms with Crippen LogP contribution in [-0.4, -0.2) is 0 Å². The van der Waals surface area contributed by atoms with E-state index in [-0.39, 0.29) is 0 Å². The first-order chi connectivity index (χ1) is 17.2. The minimum Gasteiger partial charge on any atom is -0.0984 e. The minimum absolute atomic E-state index is 0.953. The van der Waals surface area contributed by atoms with Gasteiger partial charge in [-0.1, -0.05) is 104 Å². The molecule has 0 heterocycles. The minimum atomic E-state index is 0.953. The summed E-state index contributed by atoms with van der Waals surface area (Å²) in [4.78, 5) is 0. The fourth-order valence-electron chi connectivity index (χ4n) is 6.15. The summed E-state index contributed by atoms with van der Waals surface area (Å²) in [6.45, 7) is 10.9. The topological polar surface area (TPSA) is 0 Å². The summed E-state index contributed by atoms with van der Waals surface area (Å²) >= 11 is 0. The molecule has 0 atom stereocenters. The maximum Gasteiger partial charge on any atom is -0.00108 e. The molecule has 0 heteroatoms. The summed E-state index contributed by atoms with van der Waals surface area (Å²) in [5.74, 6) is 0. The lowest BCUT2D eigenvalue weighted by Gasteiger charge is -2.24. The van der Waals surface area contributed by atoms with Crippen LogP contribution in [0.3, 0.4) is 0 Å². The van der Waals surface area contributed by atoms with Gasteiger partial charge in [0.1, 0.15) is 0 Å². The average molecular weight is 451 g/mol. The highest BCUT2D eigenvalue weighted by atomic mass is 14.3. The zero-order chi connectivity index (χ0) is 23.9. The van der Waals surface area contributed by atoms with E-state index in [2.05, 4.69) is 99.0 Å². The molecule has 35 heavy (non-hydrogen) atoms. The molecule has 0 radical (unpaired) electrons. The Kier molecular flexibility index (Phi) is 5.38. The first-order valence-electron chi connectivity index (χ1n) is 12.7. The zero-order valence-electron chi connectivity index (χ0n) is 20.4. The molecular formula is C35H30. The highest BCUT2D eigenvalue weighted by Crippen LogP contribution is 2.49. The molecule has 0 bridgehead atoms. The van der Waals surface area contributed by atoms with Gasteiger partial charge in [-0.05, 0) is 104 Å². The van der Waals surface area contributed by atoms with Gasteiger partial charge in [-0.2, -0.15) is 0 Å². The molecule has 3 aromatic rings. The molecule has 0 saturated carbocycles. The first-order valence-corrected chi connectivity index (χ1v) is 12.7. The van der Waals surface area contributed by atoms with Crippen molar-refractivity contribution in [2.45, 2.75) is 32.6 Å². The summed E-state index contributed by atoms with van der Waals surface area (Å²) < 4.78 is 0. The Balaban J connectivity index is 1.88. The first kappa shape index (κ1) is 21.6. The van der Waals surface area contributed by atoms with Gasteiger partial charge in [0.05, 0.1) is 0 Å². The molecule has 0 unspecified atom stereocenters. The SMILES string of the molecule is C=Cc1c(C=C)c(-c2ccccc2)c2c(c1C1=CC=CCC=C1)-c1ccc(C)c3c1=C2CCCC=3. The van der Waals surface area contributed by atoms with Gasteiger partial charge >= 0.3 is 0 Å². The third-order valence-corrected chi connectivity index (χ3v) is 7.64. The van der Waals surface area contributed by atoms with Crippen molar-refractivity contribution in [1.29, 1.82) is 0 Å². The van der Waals surface area contributed by atoms with Crippen molar-refractivity contribution in [2.75, 3.05) is 0 Å². The van der Waals surface area contributed by atoms with E-state index in [1.807, 2.05) is 12.2 Å². The summed E-state index contributed by atoms with van der Waals surface area (Å²) in [6.07, 6.45) is 22.1. The normalized spacial score (nSPS) is 15.5. The molecule has 0 spiro atoms. The van der Waals surface area contributed by atoms with Crippen LogP contribution in [0.1, 0.15) is 53.5 Å². The Morgan fingerprint density at radius 1 is 0.829 bits per heavy atom. The van der Waals surface area contributed by atoms with Crippen molar-refractivity contribution in [3.63, 3.8) is 0 Å². The van der Waals surface area contributed by atoms with Crippen LogP contribution in [0.25, 0.3) is 51.6 Å². The molecule has 0 aromatic heterocycles. The van der Waals surface area contributed by atoms with Crippen molar-refractivity contribution >= 4 is 29.4 Å². The molecule has 0 N–H and O–H groups in total. The van der Waals surface area contributed by atoms with E-state index >= 15 is 0 Å². The van der Waals surface area contributed by atoms with Gasteiger partial charge in [0.25, 0.3) is 0 Å². The predicted octanol–water partition coefficient (Wildman–Crippen LogP) is 7.99. The van der Waals surface area contributed by atoms with Crippen LogP contribution >= 0.6 is 0 Å². The molecule has 0 aliphatic heterocycles. The third kappa shape index (κ3) is 3.28. The van der Waals surface area contributed by atoms with Gasteiger partial charge in [0.15, 0.2) is 0 Å². The quantitative estimate of drug-likeness (QED) is 0.378. The lowest BCUT2D eigenvalue weighted by atomic mass is 9.79. The van der Waals surface area contributed by atoms with Crippen LogP contribution in [-0.2, 0) is 0 Å². The Bertz CT molecular complexity index is 1600. The smallest absolute Gasteiger partial charge is 0.00108 e. The molecule has 3 aliphatic carbocycles. The van der Waals surface area contributed by atoms with Crippen LogP contribution in [0.15, 0.2) is 86.0 Å². The summed E-state index contributed by atoms with van der Waals surface area (Å²) in [5, 5.41) is 2.86. The van der Waals surface area contributed by atoms with Gasteiger partial charge in [0, 0.05) is 0 Å². The number of hydrogen-bond donors (Lipinski definition) is 0. The van der Waals surface area contributed by atoms with Crippen molar-refractivity contribution in [3.05, 3.63) is 124 Å². The van der Waals surface area contributed by atoms with E-state index < -0.39 is 0 Å². The van der Waals surface area contributed by atoms with E-state index in [1.165, 1.54) is 78.1 Å². The summed E-state index contributed by atoms with van der Waals surface area (Å²) in [5.41, 5.74) is 14.4. The fraction of sp³-hybridized carbons (Fsp3) is 0.143. The highest BCUT2D eigenvalue weighted by molar-refractivity contribution is 6.07. The number of aryl methyl sites for hydroxylation is 1. The van der Waals surface area contributed by atoms with E-state index in [0.29, 0.717) is 0 Å². The number of hydrogen-bond acceptors (Lipinski definition) is 0. The van der Waals surface area contributed by atoms with Crippen molar-refractivity contribution in [1.82, 2.24) is 0 Å². The van der Waals surface area contributed by atoms with E-state index in [0.717, 1.165) is 19.3 Å². The third-order valence-electron chi connectivity index (χ3n) is 7.64. The van der Waals surface area contributed by atoms with Gasteiger partial charge in [-0.25, -0.2) is 0 Å². The van der Waals surface area contributed by atoms with Crippen molar-refractivity contribution < 1.29 is 0 Å². The second-order valence-electron chi connectivity index (χ2n) is 9.58. The van der Waals surface area contributed by atoms with Crippen LogP contribution in [0.5, 0.6) is 0 Å². The Morgan fingerprint density at radius 3 is 2.43 bits per heavy atom. The lowest BCUT2D eigenvalue weighted by molar-refractivity contribution is 0.910. The van der Waals surface area contributed by atoms with Gasteiger partial charge in [0.2, 0.25) is 0 Å². The molecule has 0 fully saturated rings. The Labute approximate surface area is 208 Å². The summed E-state index contributed by atoms with van der Waals surface area (Å²) in [6, 6.07) is 15.5. The monoisotopic (exact) mass is 450 g/mol.